The van der Waals surface area contributed by atoms with Crippen molar-refractivity contribution >= 4 is 32.8 Å². The number of hydrogen-bond acceptors (Lipinski definition) is 3. The minimum Gasteiger partial charge on any atom is -0.450 e. The molecule has 4 nitrogen and oxygen atoms in total. The first kappa shape index (κ1) is 14.2. The summed E-state index contributed by atoms with van der Waals surface area (Å²) in [5, 5.41) is 3.31. The number of carbonyl (C=O) groups excluding carboxylic acids is 1. The van der Waals surface area contributed by atoms with Gasteiger partial charge in [0.1, 0.15) is 5.58 Å². The first-order valence-corrected chi connectivity index (χ1v) is 7.97. The second-order valence-electron chi connectivity index (χ2n) is 5.63. The van der Waals surface area contributed by atoms with Crippen LogP contribution in [-0.2, 0) is 0 Å². The molecular weight excluding hydrogens is 358 g/mol. The van der Waals surface area contributed by atoms with Crippen molar-refractivity contribution in [3.05, 3.63) is 79.6 Å². The first-order chi connectivity index (χ1) is 11.0. The van der Waals surface area contributed by atoms with Crippen LogP contribution in [0.3, 0.4) is 0 Å². The van der Waals surface area contributed by atoms with Crippen molar-refractivity contribution < 1.29 is 9.21 Å². The van der Waals surface area contributed by atoms with Gasteiger partial charge in [0.25, 0.3) is 5.91 Å². The Morgan fingerprint density at radius 2 is 1.83 bits per heavy atom. The molecule has 0 spiro atoms. The van der Waals surface area contributed by atoms with Crippen molar-refractivity contribution in [2.45, 2.75) is 13.0 Å². The summed E-state index contributed by atoms with van der Waals surface area (Å²) in [4.78, 5) is 25.1. The number of hydrogen-bond donors (Lipinski definition) is 1. The fourth-order valence-electron chi connectivity index (χ4n) is 2.89. The average Bonchev–Trinajstić information content (AvgIpc) is 2.86. The molecule has 1 aliphatic heterocycles. The summed E-state index contributed by atoms with van der Waals surface area (Å²) in [5.74, 6) is -0.247. The predicted octanol–water partition coefficient (Wildman–Crippen LogP) is 3.70. The van der Waals surface area contributed by atoms with Crippen molar-refractivity contribution in [3.8, 4) is 0 Å². The predicted molar refractivity (Wildman–Crippen MR) is 90.7 cm³/mol. The van der Waals surface area contributed by atoms with E-state index in [1.807, 2.05) is 31.2 Å². The number of aryl methyl sites for hydroxylation is 1. The summed E-state index contributed by atoms with van der Waals surface area (Å²) in [7, 11) is 0. The lowest BCUT2D eigenvalue weighted by Gasteiger charge is -2.11. The lowest BCUT2D eigenvalue weighted by molar-refractivity contribution is 0.0938. The highest BCUT2D eigenvalue weighted by Crippen LogP contribution is 2.31. The molecular formula is C18H12BrNO3. The summed E-state index contributed by atoms with van der Waals surface area (Å²) in [5.41, 5.74) is 2.60. The molecule has 4 rings (SSSR count). The van der Waals surface area contributed by atoms with Crippen LogP contribution in [0.2, 0.25) is 0 Å². The Labute approximate surface area is 140 Å². The number of amides is 1. The van der Waals surface area contributed by atoms with Gasteiger partial charge >= 0.3 is 0 Å². The number of benzene rings is 2. The Morgan fingerprint density at radius 1 is 1.09 bits per heavy atom. The third-order valence-corrected chi connectivity index (χ3v) is 4.56. The molecule has 114 valence electrons. The third kappa shape index (κ3) is 2.19. The van der Waals surface area contributed by atoms with Gasteiger partial charge < -0.3 is 9.73 Å². The van der Waals surface area contributed by atoms with Crippen LogP contribution in [0.1, 0.15) is 33.3 Å². The zero-order valence-electron chi connectivity index (χ0n) is 12.2. The average molecular weight is 370 g/mol. The summed E-state index contributed by atoms with van der Waals surface area (Å²) in [6, 6.07) is 12.5. The molecule has 1 N–H and O–H groups in total. The van der Waals surface area contributed by atoms with Crippen molar-refractivity contribution in [2.24, 2.45) is 0 Å². The molecule has 0 saturated carbocycles. The Bertz CT molecular complexity index is 1010. The maximum Gasteiger partial charge on any atom is 0.288 e. The number of nitrogens with one attached hydrogen (secondary N) is 1. The van der Waals surface area contributed by atoms with E-state index in [1.165, 1.54) is 0 Å². The number of rotatable bonds is 1. The molecule has 0 radical (unpaired) electrons. The van der Waals surface area contributed by atoms with Crippen LogP contribution < -0.4 is 10.7 Å². The van der Waals surface area contributed by atoms with Crippen molar-refractivity contribution in [3.63, 3.8) is 0 Å². The number of carbonyl (C=O) groups is 1. The Morgan fingerprint density at radius 3 is 2.57 bits per heavy atom. The van der Waals surface area contributed by atoms with Crippen LogP contribution in [0.15, 0.2) is 56.1 Å². The highest BCUT2D eigenvalue weighted by Gasteiger charge is 2.35. The Hall–Kier alpha value is -2.40. The van der Waals surface area contributed by atoms with Crippen LogP contribution in [0, 0.1) is 6.92 Å². The summed E-state index contributed by atoms with van der Waals surface area (Å²) < 4.78 is 6.49. The lowest BCUT2D eigenvalue weighted by atomic mass is 9.98. The van der Waals surface area contributed by atoms with E-state index in [0.717, 1.165) is 15.6 Å². The van der Waals surface area contributed by atoms with E-state index in [2.05, 4.69) is 21.2 Å². The van der Waals surface area contributed by atoms with E-state index < -0.39 is 6.04 Å². The van der Waals surface area contributed by atoms with Gasteiger partial charge in [-0.05, 0) is 30.7 Å². The molecule has 1 aromatic heterocycles. The second-order valence-corrected chi connectivity index (χ2v) is 6.55. The standard InChI is InChI=1S/C18H12BrNO3/c1-9-2-4-10(5-3-9)15-14-16(21)12-8-11(19)6-7-13(12)23-17(14)18(22)20-15/h2-8,15H,1H3,(H,20,22). The molecule has 2 aromatic carbocycles. The second kappa shape index (κ2) is 5.06. The molecule has 0 saturated heterocycles. The highest BCUT2D eigenvalue weighted by molar-refractivity contribution is 9.10. The van der Waals surface area contributed by atoms with E-state index in [-0.39, 0.29) is 17.1 Å². The molecule has 1 atom stereocenters. The van der Waals surface area contributed by atoms with Crippen LogP contribution in [0.25, 0.3) is 11.0 Å². The van der Waals surface area contributed by atoms with Gasteiger partial charge in [-0.1, -0.05) is 45.8 Å². The van der Waals surface area contributed by atoms with Crippen LogP contribution in [-0.4, -0.2) is 5.91 Å². The quantitative estimate of drug-likeness (QED) is 0.711. The molecule has 1 unspecified atom stereocenters. The van der Waals surface area contributed by atoms with Crippen molar-refractivity contribution in [2.75, 3.05) is 0 Å². The van der Waals surface area contributed by atoms with E-state index in [1.54, 1.807) is 18.2 Å². The molecule has 0 aliphatic carbocycles. The highest BCUT2D eigenvalue weighted by atomic mass is 79.9. The van der Waals surface area contributed by atoms with Gasteiger partial charge in [-0.25, -0.2) is 0 Å². The van der Waals surface area contributed by atoms with Crippen LogP contribution in [0.5, 0.6) is 0 Å². The van der Waals surface area contributed by atoms with Gasteiger partial charge in [0, 0.05) is 4.47 Å². The van der Waals surface area contributed by atoms with Gasteiger partial charge in [-0.3, -0.25) is 9.59 Å². The van der Waals surface area contributed by atoms with Gasteiger partial charge in [0.2, 0.25) is 5.76 Å². The summed E-state index contributed by atoms with van der Waals surface area (Å²) in [6.45, 7) is 1.99. The molecule has 2 heterocycles. The van der Waals surface area contributed by atoms with Gasteiger partial charge in [-0.15, -0.1) is 0 Å². The zero-order chi connectivity index (χ0) is 16.1. The topological polar surface area (TPSA) is 59.3 Å². The molecule has 3 aromatic rings. The minimum atomic E-state index is -0.474. The SMILES string of the molecule is Cc1ccc(C2NC(=O)c3oc4ccc(Br)cc4c(=O)c32)cc1. The first-order valence-electron chi connectivity index (χ1n) is 7.18. The Kier molecular flexibility index (Phi) is 3.13. The lowest BCUT2D eigenvalue weighted by Crippen LogP contribution is -2.21. The minimum absolute atomic E-state index is 0.107. The fraction of sp³-hybridized carbons (Fsp3) is 0.111. The monoisotopic (exact) mass is 369 g/mol. The smallest absolute Gasteiger partial charge is 0.288 e. The molecule has 5 heteroatoms. The molecule has 1 amide bonds. The third-order valence-electron chi connectivity index (χ3n) is 4.07. The number of fused-ring (bicyclic) bond motifs is 2. The van der Waals surface area contributed by atoms with Gasteiger partial charge in [0.05, 0.1) is 17.0 Å². The van der Waals surface area contributed by atoms with Gasteiger partial charge in [-0.2, -0.15) is 0 Å². The fourth-order valence-corrected chi connectivity index (χ4v) is 3.25. The van der Waals surface area contributed by atoms with E-state index in [4.69, 9.17) is 4.42 Å². The van der Waals surface area contributed by atoms with E-state index in [9.17, 15) is 9.59 Å². The molecule has 1 aliphatic rings. The maximum atomic E-state index is 12.9. The van der Waals surface area contributed by atoms with Crippen LogP contribution >= 0.6 is 15.9 Å². The molecule has 0 fully saturated rings. The van der Waals surface area contributed by atoms with E-state index in [0.29, 0.717) is 16.5 Å². The van der Waals surface area contributed by atoms with Crippen LogP contribution in [0.4, 0.5) is 0 Å². The van der Waals surface area contributed by atoms with E-state index >= 15 is 0 Å². The largest absolute Gasteiger partial charge is 0.450 e. The zero-order valence-corrected chi connectivity index (χ0v) is 13.8. The van der Waals surface area contributed by atoms with Crippen molar-refractivity contribution in [1.82, 2.24) is 5.32 Å². The normalized spacial score (nSPS) is 16.4. The maximum absolute atomic E-state index is 12.9. The van der Waals surface area contributed by atoms with Gasteiger partial charge in [0.15, 0.2) is 5.43 Å². The summed E-state index contributed by atoms with van der Waals surface area (Å²) >= 11 is 3.36. The number of halogens is 1. The summed E-state index contributed by atoms with van der Waals surface area (Å²) in [6.07, 6.45) is 0. The van der Waals surface area contributed by atoms with Crippen molar-refractivity contribution in [1.29, 1.82) is 0 Å². The molecule has 0 bridgehead atoms. The molecule has 23 heavy (non-hydrogen) atoms. The Balaban J connectivity index is 1.99.